The van der Waals surface area contributed by atoms with Gasteiger partial charge in [-0.3, -0.25) is 14.5 Å². The van der Waals surface area contributed by atoms with Crippen molar-refractivity contribution in [1.29, 1.82) is 0 Å². The summed E-state index contributed by atoms with van der Waals surface area (Å²) in [6.45, 7) is 1.54. The normalized spacial score (nSPS) is 11.6. The lowest BCUT2D eigenvalue weighted by Gasteiger charge is -2.17. The Hall–Kier alpha value is -2.82. The predicted octanol–water partition coefficient (Wildman–Crippen LogP) is 2.29. The minimum atomic E-state index is -3.66. The lowest BCUT2D eigenvalue weighted by Crippen LogP contribution is -2.26. The van der Waals surface area contributed by atoms with Gasteiger partial charge in [-0.05, 0) is 18.2 Å². The van der Waals surface area contributed by atoms with Crippen LogP contribution in [0.4, 0.5) is 10.8 Å². The average molecular weight is 433 g/mol. The summed E-state index contributed by atoms with van der Waals surface area (Å²) in [5.74, 6) is -0.187. The molecule has 0 unspecified atom stereocenters. The fraction of sp³-hybridized carbons (Fsp3) is 0.211. The summed E-state index contributed by atoms with van der Waals surface area (Å²) in [7, 11) is -0.805. The number of pyridine rings is 1. The molecule has 152 valence electrons. The summed E-state index contributed by atoms with van der Waals surface area (Å²) >= 11 is 1.27. The molecule has 2 heterocycles. The molecule has 0 aliphatic rings. The number of carbonyl (C=O) groups is 1. The molecular formula is C19H20N4O4S2. The zero-order valence-electron chi connectivity index (χ0n) is 16.1. The van der Waals surface area contributed by atoms with Crippen molar-refractivity contribution in [3.8, 4) is 0 Å². The fourth-order valence-corrected chi connectivity index (χ4v) is 4.45. The van der Waals surface area contributed by atoms with Crippen molar-refractivity contribution in [3.63, 3.8) is 0 Å². The molecule has 0 atom stereocenters. The second-order valence-corrected chi connectivity index (χ2v) is 9.42. The topological polar surface area (TPSA) is 92.6 Å². The minimum Gasteiger partial charge on any atom is -0.308 e. The van der Waals surface area contributed by atoms with Crippen LogP contribution in [0.25, 0.3) is 0 Å². The van der Waals surface area contributed by atoms with Gasteiger partial charge in [0.15, 0.2) is 5.13 Å². The van der Waals surface area contributed by atoms with E-state index >= 15 is 0 Å². The number of rotatable bonds is 6. The third kappa shape index (κ3) is 4.44. The maximum absolute atomic E-state index is 12.3. The maximum Gasteiger partial charge on any atom is 0.250 e. The van der Waals surface area contributed by atoms with Gasteiger partial charge in [-0.25, -0.2) is 17.7 Å². The quantitative estimate of drug-likeness (QED) is 0.596. The highest BCUT2D eigenvalue weighted by Crippen LogP contribution is 2.28. The molecule has 3 rings (SSSR count). The van der Waals surface area contributed by atoms with E-state index in [2.05, 4.69) is 4.98 Å². The molecule has 0 aliphatic carbocycles. The predicted molar refractivity (Wildman–Crippen MR) is 112 cm³/mol. The first-order chi connectivity index (χ1) is 13.7. The lowest BCUT2D eigenvalue weighted by molar-refractivity contribution is -0.115. The van der Waals surface area contributed by atoms with Crippen LogP contribution in [-0.4, -0.2) is 42.3 Å². The van der Waals surface area contributed by atoms with E-state index in [4.69, 9.17) is 0 Å². The van der Waals surface area contributed by atoms with Crippen molar-refractivity contribution in [1.82, 2.24) is 13.9 Å². The number of anilines is 2. The van der Waals surface area contributed by atoms with E-state index in [0.29, 0.717) is 16.5 Å². The number of carbonyl (C=O) groups excluding carboxylic acids is 1. The van der Waals surface area contributed by atoms with Crippen molar-refractivity contribution < 1.29 is 13.2 Å². The zero-order valence-corrected chi connectivity index (χ0v) is 17.8. The molecule has 10 heteroatoms. The number of thiazole rings is 1. The van der Waals surface area contributed by atoms with E-state index in [-0.39, 0.29) is 22.9 Å². The fourth-order valence-electron chi connectivity index (χ4n) is 2.65. The first kappa shape index (κ1) is 20.9. The van der Waals surface area contributed by atoms with Gasteiger partial charge in [-0.1, -0.05) is 18.2 Å². The Morgan fingerprint density at radius 1 is 1.14 bits per heavy atom. The molecule has 0 fully saturated rings. The second-order valence-electron chi connectivity index (χ2n) is 6.43. The van der Waals surface area contributed by atoms with Gasteiger partial charge in [-0.15, -0.1) is 11.3 Å². The number of hydrogen-bond donors (Lipinski definition) is 0. The summed E-state index contributed by atoms with van der Waals surface area (Å²) in [4.78, 5) is 30.3. The van der Waals surface area contributed by atoms with Crippen LogP contribution in [0.1, 0.15) is 12.6 Å². The van der Waals surface area contributed by atoms with Crippen LogP contribution in [0.15, 0.2) is 63.7 Å². The van der Waals surface area contributed by atoms with Gasteiger partial charge in [0, 0.05) is 38.7 Å². The van der Waals surface area contributed by atoms with Crippen molar-refractivity contribution >= 4 is 38.1 Å². The van der Waals surface area contributed by atoms with Gasteiger partial charge < -0.3 is 4.57 Å². The van der Waals surface area contributed by atoms with Gasteiger partial charge in [0.05, 0.1) is 22.8 Å². The maximum atomic E-state index is 12.3. The zero-order chi connectivity index (χ0) is 21.2. The van der Waals surface area contributed by atoms with Crippen LogP contribution in [-0.2, 0) is 21.4 Å². The molecule has 8 nitrogen and oxygen atoms in total. The van der Waals surface area contributed by atoms with Crippen LogP contribution >= 0.6 is 11.3 Å². The number of nitrogens with zero attached hydrogens (tertiary/aromatic N) is 4. The Labute approximate surface area is 172 Å². The molecule has 1 aromatic carbocycles. The smallest absolute Gasteiger partial charge is 0.250 e. The minimum absolute atomic E-state index is 0.0206. The molecule has 2 aromatic heterocycles. The van der Waals surface area contributed by atoms with Crippen LogP contribution < -0.4 is 10.5 Å². The summed E-state index contributed by atoms with van der Waals surface area (Å²) in [6.07, 6.45) is 1.30. The van der Waals surface area contributed by atoms with Crippen LogP contribution in [0.3, 0.4) is 0 Å². The highest BCUT2D eigenvalue weighted by molar-refractivity contribution is 7.89. The lowest BCUT2D eigenvalue weighted by atomic mass is 10.3. The molecule has 0 N–H and O–H groups in total. The highest BCUT2D eigenvalue weighted by atomic mass is 32.2. The van der Waals surface area contributed by atoms with E-state index < -0.39 is 10.0 Å². The monoisotopic (exact) mass is 432 g/mol. The average Bonchev–Trinajstić information content (AvgIpc) is 3.12. The standard InChI is InChI=1S/C19H20N4O4S2/c1-14(24)23(16-7-5-4-6-8-16)19-20-15(13-28-19)11-22-12-17(9-10-18(22)25)29(26,27)21(2)3/h4-10,12-13H,11H2,1-3H3. The molecule has 0 bridgehead atoms. The van der Waals surface area contributed by atoms with Gasteiger partial charge in [-0.2, -0.15) is 0 Å². The van der Waals surface area contributed by atoms with Gasteiger partial charge in [0.2, 0.25) is 15.9 Å². The molecule has 0 saturated heterocycles. The Morgan fingerprint density at radius 2 is 1.83 bits per heavy atom. The molecule has 0 aliphatic heterocycles. The SMILES string of the molecule is CC(=O)N(c1ccccc1)c1nc(Cn2cc(S(=O)(=O)N(C)C)ccc2=O)cs1. The van der Waals surface area contributed by atoms with E-state index in [1.54, 1.807) is 5.38 Å². The molecule has 0 saturated carbocycles. The Kier molecular flexibility index (Phi) is 5.96. The summed E-state index contributed by atoms with van der Waals surface area (Å²) in [5.41, 5.74) is 0.898. The van der Waals surface area contributed by atoms with Gasteiger partial charge in [0.25, 0.3) is 5.56 Å². The third-order valence-corrected chi connectivity index (χ3v) is 6.80. The number of hydrogen-bond acceptors (Lipinski definition) is 6. The van der Waals surface area contributed by atoms with Crippen molar-refractivity contribution in [2.45, 2.75) is 18.4 Å². The molecular weight excluding hydrogens is 412 g/mol. The number of para-hydroxylation sites is 1. The number of amides is 1. The largest absolute Gasteiger partial charge is 0.308 e. The van der Waals surface area contributed by atoms with Crippen molar-refractivity contribution in [2.24, 2.45) is 0 Å². The Morgan fingerprint density at radius 3 is 2.45 bits per heavy atom. The molecule has 0 radical (unpaired) electrons. The molecule has 29 heavy (non-hydrogen) atoms. The third-order valence-electron chi connectivity index (χ3n) is 4.13. The number of benzene rings is 1. The Balaban J connectivity index is 1.93. The van der Waals surface area contributed by atoms with Crippen LogP contribution in [0, 0.1) is 0 Å². The number of aromatic nitrogens is 2. The second kappa shape index (κ2) is 8.27. The summed E-state index contributed by atoms with van der Waals surface area (Å²) in [6, 6.07) is 11.6. The first-order valence-electron chi connectivity index (χ1n) is 8.63. The van der Waals surface area contributed by atoms with E-state index in [1.165, 1.54) is 60.2 Å². The van der Waals surface area contributed by atoms with E-state index in [1.807, 2.05) is 30.3 Å². The van der Waals surface area contributed by atoms with E-state index in [9.17, 15) is 18.0 Å². The molecule has 0 spiro atoms. The molecule has 1 amide bonds. The summed E-state index contributed by atoms with van der Waals surface area (Å²) in [5, 5.41) is 2.22. The number of sulfonamides is 1. The molecule has 3 aromatic rings. The van der Waals surface area contributed by atoms with Crippen molar-refractivity contribution in [2.75, 3.05) is 19.0 Å². The van der Waals surface area contributed by atoms with Crippen LogP contribution in [0.5, 0.6) is 0 Å². The van der Waals surface area contributed by atoms with Gasteiger partial charge in [0.1, 0.15) is 0 Å². The van der Waals surface area contributed by atoms with Gasteiger partial charge >= 0.3 is 0 Å². The first-order valence-corrected chi connectivity index (χ1v) is 11.0. The summed E-state index contributed by atoms with van der Waals surface area (Å²) < 4.78 is 27.0. The Bertz CT molecular complexity index is 1180. The highest BCUT2D eigenvalue weighted by Gasteiger charge is 2.20. The van der Waals surface area contributed by atoms with Crippen molar-refractivity contribution in [3.05, 3.63) is 70.1 Å². The van der Waals surface area contributed by atoms with Crippen LogP contribution in [0.2, 0.25) is 0 Å². The van der Waals surface area contributed by atoms with E-state index in [0.717, 1.165) is 4.31 Å².